The predicted octanol–water partition coefficient (Wildman–Crippen LogP) is 3.65. The van der Waals surface area contributed by atoms with Crippen molar-refractivity contribution in [2.45, 2.75) is 24.8 Å². The van der Waals surface area contributed by atoms with Crippen LogP contribution in [0.5, 0.6) is 0 Å². The average Bonchev–Trinajstić information content (AvgIpc) is 3.43. The molecule has 0 spiro atoms. The first-order valence-electron chi connectivity index (χ1n) is 11.0. The zero-order chi connectivity index (χ0) is 24.8. The molecule has 1 unspecified atom stereocenters. The van der Waals surface area contributed by atoms with Gasteiger partial charge in [-0.2, -0.15) is 0 Å². The van der Waals surface area contributed by atoms with Crippen LogP contribution in [0.2, 0.25) is 0 Å². The Bertz CT molecular complexity index is 1180. The van der Waals surface area contributed by atoms with Crippen molar-refractivity contribution in [1.29, 1.82) is 0 Å². The van der Waals surface area contributed by atoms with Gasteiger partial charge in [0.05, 0.1) is 6.61 Å². The second-order valence-electron chi connectivity index (χ2n) is 8.00. The van der Waals surface area contributed by atoms with Crippen LogP contribution in [0.15, 0.2) is 54.7 Å². The van der Waals surface area contributed by atoms with E-state index in [0.717, 1.165) is 27.1 Å². The molecule has 0 saturated carbocycles. The fraction of sp³-hybridized carbons (Fsp3) is 0.280. The zero-order valence-corrected chi connectivity index (χ0v) is 19.8. The summed E-state index contributed by atoms with van der Waals surface area (Å²) in [6.07, 6.45) is 1.41. The molecule has 0 bridgehead atoms. The maximum Gasteiger partial charge on any atom is 0.413 e. The number of anilines is 1. The molecule has 0 radical (unpaired) electrons. The summed E-state index contributed by atoms with van der Waals surface area (Å²) in [7, 11) is 1.37. The lowest BCUT2D eigenvalue weighted by atomic mass is 9.98. The van der Waals surface area contributed by atoms with Crippen molar-refractivity contribution in [3.8, 4) is 11.1 Å². The van der Waals surface area contributed by atoms with E-state index in [4.69, 9.17) is 14.6 Å². The number of thiazole rings is 1. The number of fused-ring (bicyclic) bond motifs is 3. The van der Waals surface area contributed by atoms with E-state index in [0.29, 0.717) is 11.6 Å². The van der Waals surface area contributed by atoms with Crippen molar-refractivity contribution in [2.24, 2.45) is 0 Å². The van der Waals surface area contributed by atoms with Gasteiger partial charge in [-0.25, -0.2) is 14.6 Å². The van der Waals surface area contributed by atoms with Crippen molar-refractivity contribution < 1.29 is 29.0 Å². The number of carbonyl (C=O) groups excluding carboxylic acids is 2. The molecule has 0 saturated heterocycles. The van der Waals surface area contributed by atoms with Crippen LogP contribution in [0.4, 0.5) is 9.93 Å². The van der Waals surface area contributed by atoms with Crippen LogP contribution >= 0.6 is 11.3 Å². The number of rotatable bonds is 10. The number of carboxylic acids is 1. The Kier molecular flexibility index (Phi) is 7.74. The van der Waals surface area contributed by atoms with Gasteiger partial charge in [-0.15, -0.1) is 11.3 Å². The number of aryl methyl sites for hydroxylation is 1. The first-order valence-corrected chi connectivity index (χ1v) is 11.9. The number of nitrogens with one attached hydrogen (secondary N) is 2. The van der Waals surface area contributed by atoms with Crippen molar-refractivity contribution >= 4 is 34.4 Å². The summed E-state index contributed by atoms with van der Waals surface area (Å²) >= 11 is 1.23. The number of ether oxygens (including phenoxy) is 2. The number of carboxylic acid groups (broad SMARTS) is 1. The summed E-state index contributed by atoms with van der Waals surface area (Å²) in [6, 6.07) is 15.1. The van der Waals surface area contributed by atoms with Gasteiger partial charge in [0.2, 0.25) is 5.91 Å². The van der Waals surface area contributed by atoms with E-state index in [1.54, 1.807) is 6.20 Å². The highest BCUT2D eigenvalue weighted by Crippen LogP contribution is 2.44. The van der Waals surface area contributed by atoms with Gasteiger partial charge in [-0.3, -0.25) is 10.1 Å². The second kappa shape index (κ2) is 11.1. The minimum Gasteiger partial charge on any atom is -0.480 e. The monoisotopic (exact) mass is 495 g/mol. The average molecular weight is 496 g/mol. The molecule has 35 heavy (non-hydrogen) atoms. The first kappa shape index (κ1) is 24.4. The molecular weight excluding hydrogens is 470 g/mol. The standard InChI is InChI=1S/C25H25N3O6S/c1-33-14-21(23(30)31)27-22(29)11-10-15-12-26-24(35-15)28-25(32)34-13-20-18-8-4-2-6-16(18)17-7-3-5-9-19(17)20/h2-9,12,20-21H,10-11,13-14H2,1H3,(H,27,29)(H,30,31)(H,26,28,32). The molecular formula is C25H25N3O6S. The highest BCUT2D eigenvalue weighted by Gasteiger charge is 2.29. The van der Waals surface area contributed by atoms with Gasteiger partial charge in [0, 0.05) is 30.5 Å². The molecule has 1 aliphatic carbocycles. The zero-order valence-electron chi connectivity index (χ0n) is 19.0. The van der Waals surface area contributed by atoms with Gasteiger partial charge in [0.15, 0.2) is 11.2 Å². The number of nitrogens with zero attached hydrogens (tertiary/aromatic N) is 1. The first-order chi connectivity index (χ1) is 17.0. The number of hydrogen-bond donors (Lipinski definition) is 3. The number of benzene rings is 2. The lowest BCUT2D eigenvalue weighted by Crippen LogP contribution is -2.43. The Morgan fingerprint density at radius 2 is 1.74 bits per heavy atom. The third-order valence-corrected chi connectivity index (χ3v) is 6.64. The van der Waals surface area contributed by atoms with Crippen LogP contribution in [0.3, 0.4) is 0 Å². The smallest absolute Gasteiger partial charge is 0.413 e. The highest BCUT2D eigenvalue weighted by atomic mass is 32.1. The Morgan fingerprint density at radius 1 is 1.09 bits per heavy atom. The molecule has 9 nitrogen and oxygen atoms in total. The third kappa shape index (κ3) is 5.84. The van der Waals surface area contributed by atoms with E-state index in [1.165, 1.54) is 18.4 Å². The van der Waals surface area contributed by atoms with E-state index >= 15 is 0 Å². The van der Waals surface area contributed by atoms with Gasteiger partial charge in [-0.05, 0) is 28.7 Å². The second-order valence-corrected chi connectivity index (χ2v) is 9.11. The van der Waals surface area contributed by atoms with Gasteiger partial charge in [0.1, 0.15) is 6.61 Å². The molecule has 4 rings (SSSR count). The molecule has 2 aromatic carbocycles. The molecule has 10 heteroatoms. The highest BCUT2D eigenvalue weighted by molar-refractivity contribution is 7.15. The predicted molar refractivity (Wildman–Crippen MR) is 131 cm³/mol. The Labute approximate surface area is 206 Å². The molecule has 0 aliphatic heterocycles. The van der Waals surface area contributed by atoms with E-state index in [2.05, 4.69) is 39.9 Å². The molecule has 3 N–H and O–H groups in total. The Morgan fingerprint density at radius 3 is 2.37 bits per heavy atom. The fourth-order valence-electron chi connectivity index (χ4n) is 4.05. The van der Waals surface area contributed by atoms with Crippen LogP contribution in [-0.2, 0) is 25.5 Å². The summed E-state index contributed by atoms with van der Waals surface area (Å²) in [4.78, 5) is 40.5. The maximum absolute atomic E-state index is 12.4. The minimum absolute atomic E-state index is 0.0359. The lowest BCUT2D eigenvalue weighted by Gasteiger charge is -2.14. The number of hydrogen-bond acceptors (Lipinski definition) is 7. The van der Waals surface area contributed by atoms with Crippen molar-refractivity contribution in [3.63, 3.8) is 0 Å². The quantitative estimate of drug-likeness (QED) is 0.392. The van der Waals surface area contributed by atoms with E-state index in [-0.39, 0.29) is 25.6 Å². The van der Waals surface area contributed by atoms with E-state index in [9.17, 15) is 14.4 Å². The molecule has 2 amide bonds. The van der Waals surface area contributed by atoms with Crippen molar-refractivity contribution in [3.05, 3.63) is 70.7 Å². The van der Waals surface area contributed by atoms with Crippen LogP contribution in [0.25, 0.3) is 11.1 Å². The summed E-state index contributed by atoms with van der Waals surface area (Å²) < 4.78 is 10.3. The Balaban J connectivity index is 1.28. The van der Waals surface area contributed by atoms with Gasteiger partial charge >= 0.3 is 12.1 Å². The molecule has 1 atom stereocenters. The van der Waals surface area contributed by atoms with Crippen LogP contribution in [-0.4, -0.2) is 54.4 Å². The summed E-state index contributed by atoms with van der Waals surface area (Å²) in [5.41, 5.74) is 4.57. The molecule has 3 aromatic rings. The molecule has 1 aromatic heterocycles. The summed E-state index contributed by atoms with van der Waals surface area (Å²) in [6.45, 7) is 0.0837. The van der Waals surface area contributed by atoms with E-state index in [1.807, 2.05) is 24.3 Å². The summed E-state index contributed by atoms with van der Waals surface area (Å²) in [5.74, 6) is -1.60. The minimum atomic E-state index is -1.16. The van der Waals surface area contributed by atoms with Gasteiger partial charge < -0.3 is 19.9 Å². The Hall–Kier alpha value is -3.76. The molecule has 1 heterocycles. The number of methoxy groups -OCH3 is 1. The molecule has 0 fully saturated rings. The lowest BCUT2D eigenvalue weighted by molar-refractivity contribution is -0.143. The van der Waals surface area contributed by atoms with Crippen LogP contribution < -0.4 is 10.6 Å². The van der Waals surface area contributed by atoms with Crippen LogP contribution in [0.1, 0.15) is 28.3 Å². The topological polar surface area (TPSA) is 127 Å². The number of aromatic nitrogens is 1. The van der Waals surface area contributed by atoms with Crippen LogP contribution in [0, 0.1) is 0 Å². The van der Waals surface area contributed by atoms with Crippen molar-refractivity contribution in [2.75, 3.05) is 25.6 Å². The largest absolute Gasteiger partial charge is 0.480 e. The van der Waals surface area contributed by atoms with Gasteiger partial charge in [0.25, 0.3) is 0 Å². The number of aliphatic carboxylic acids is 1. The van der Waals surface area contributed by atoms with Gasteiger partial charge in [-0.1, -0.05) is 48.5 Å². The number of amides is 2. The normalized spacial score (nSPS) is 12.9. The SMILES string of the molecule is COCC(NC(=O)CCc1cnc(NC(=O)OCC2c3ccccc3-c3ccccc32)s1)C(=O)O. The molecule has 1 aliphatic rings. The van der Waals surface area contributed by atoms with E-state index < -0.39 is 24.0 Å². The maximum atomic E-state index is 12.4. The summed E-state index contributed by atoms with van der Waals surface area (Å²) in [5, 5.41) is 14.5. The third-order valence-electron chi connectivity index (χ3n) is 5.67. The van der Waals surface area contributed by atoms with Crippen molar-refractivity contribution in [1.82, 2.24) is 10.3 Å². The number of carbonyl (C=O) groups is 3. The fourth-order valence-corrected chi connectivity index (χ4v) is 4.84. The molecule has 182 valence electrons.